The van der Waals surface area contributed by atoms with Crippen molar-refractivity contribution in [1.82, 2.24) is 15.4 Å². The van der Waals surface area contributed by atoms with Crippen LogP contribution in [0, 0.1) is 0 Å². The maximum Gasteiger partial charge on any atom is 0.341 e. The summed E-state index contributed by atoms with van der Waals surface area (Å²) in [6.07, 6.45) is 0. The topological polar surface area (TPSA) is 177 Å². The van der Waals surface area contributed by atoms with Crippen molar-refractivity contribution in [2.75, 3.05) is 39.3 Å². The highest BCUT2D eigenvalue weighted by Crippen LogP contribution is 1.95. The van der Waals surface area contributed by atoms with E-state index < -0.39 is 50.1 Å². The molecule has 12 heteroatoms. The number of carbonyl (C=O) groups excluding carboxylic acids is 1. The van der Waals surface area contributed by atoms with Crippen LogP contribution in [0.1, 0.15) is 0 Å². The van der Waals surface area contributed by atoms with Gasteiger partial charge in [-0.25, -0.2) is 4.79 Å². The number of hydrogen-bond acceptors (Lipinski definition) is 9. The highest BCUT2D eigenvalue weighted by Gasteiger charge is 2.19. The molecule has 0 amide bonds. The Labute approximate surface area is 124 Å². The van der Waals surface area contributed by atoms with E-state index in [1.165, 1.54) is 0 Å². The summed E-state index contributed by atoms with van der Waals surface area (Å²) >= 11 is 0. The first-order valence-electron chi connectivity index (χ1n) is 5.93. The summed E-state index contributed by atoms with van der Waals surface area (Å²) in [7, 11) is 0. The molecule has 0 aromatic heterocycles. The molecule has 12 nitrogen and oxygen atoms in total. The molecule has 0 atom stereocenters. The molecule has 0 aliphatic carbocycles. The van der Waals surface area contributed by atoms with E-state index in [-0.39, 0.29) is 13.1 Å². The van der Waals surface area contributed by atoms with Crippen LogP contribution < -0.4 is 5.64 Å². The van der Waals surface area contributed by atoms with Gasteiger partial charge in [0, 0.05) is 13.1 Å². The van der Waals surface area contributed by atoms with Crippen LogP contribution in [0.2, 0.25) is 0 Å². The number of nitrogens with one attached hydrogen (secondary N) is 1. The maximum absolute atomic E-state index is 11.2. The Balaban J connectivity index is 4.59. The van der Waals surface area contributed by atoms with E-state index in [0.29, 0.717) is 0 Å². The Morgan fingerprint density at radius 1 is 0.773 bits per heavy atom. The number of hydrogen-bond donors (Lipinski definition) is 5. The van der Waals surface area contributed by atoms with Gasteiger partial charge in [0.15, 0.2) is 0 Å². The van der Waals surface area contributed by atoms with Crippen molar-refractivity contribution in [2.45, 2.75) is 0 Å². The molecule has 0 saturated carbocycles. The van der Waals surface area contributed by atoms with Gasteiger partial charge in [0.1, 0.15) is 0 Å². The Hall–Kier alpha value is -2.28. The molecule has 22 heavy (non-hydrogen) atoms. The fraction of sp³-hybridized carbons (Fsp3) is 0.600. The molecule has 0 aromatic rings. The predicted octanol–water partition coefficient (Wildman–Crippen LogP) is -2.72. The summed E-state index contributed by atoms with van der Waals surface area (Å²) in [5, 5.41) is 34.2. The number of carbonyl (C=O) groups is 4. The summed E-state index contributed by atoms with van der Waals surface area (Å²) < 4.78 is 0. The fourth-order valence-corrected chi connectivity index (χ4v) is 1.55. The minimum atomic E-state index is -1.24. The molecule has 0 radical (unpaired) electrons. The van der Waals surface area contributed by atoms with E-state index >= 15 is 0 Å². The molecule has 0 unspecified atom stereocenters. The van der Waals surface area contributed by atoms with Gasteiger partial charge in [-0.3, -0.25) is 29.4 Å². The molecule has 0 aliphatic heterocycles. The Bertz CT molecular complexity index is 398. The van der Waals surface area contributed by atoms with E-state index in [1.54, 1.807) is 0 Å². The standard InChI is InChI=1S/C10H17N3O9/c14-7(15)3-12(4-8(16)17)1-2-13(5-9(18)19)6-10(20)22-11-21/h11,21H,1-6H2,(H,14,15)(H,16,17)(H,18,19). The van der Waals surface area contributed by atoms with Crippen LogP contribution in [0.25, 0.3) is 0 Å². The SMILES string of the molecule is O=C(O)CN(CCN(CC(=O)O)CC(=O)ONO)CC(=O)O. The Kier molecular flexibility index (Phi) is 9.36. The van der Waals surface area contributed by atoms with Crippen LogP contribution in [0.5, 0.6) is 0 Å². The van der Waals surface area contributed by atoms with Gasteiger partial charge in [0.2, 0.25) is 0 Å². The highest BCUT2D eigenvalue weighted by atomic mass is 16.9. The van der Waals surface area contributed by atoms with Crippen molar-refractivity contribution < 1.29 is 44.5 Å². The first-order chi connectivity index (χ1) is 10.2. The third-order valence-electron chi connectivity index (χ3n) is 2.32. The van der Waals surface area contributed by atoms with Crippen molar-refractivity contribution in [3.63, 3.8) is 0 Å². The maximum atomic E-state index is 11.2. The third-order valence-corrected chi connectivity index (χ3v) is 2.32. The van der Waals surface area contributed by atoms with E-state index in [1.807, 2.05) is 0 Å². The van der Waals surface area contributed by atoms with Gasteiger partial charge < -0.3 is 20.2 Å². The van der Waals surface area contributed by atoms with Crippen molar-refractivity contribution in [1.29, 1.82) is 0 Å². The summed E-state index contributed by atoms with van der Waals surface area (Å²) in [5.41, 5.74) is 1.15. The zero-order valence-corrected chi connectivity index (χ0v) is 11.5. The molecule has 0 bridgehead atoms. The number of aliphatic carboxylic acids is 3. The number of nitrogens with zero attached hydrogens (tertiary/aromatic N) is 2. The smallest absolute Gasteiger partial charge is 0.341 e. The van der Waals surface area contributed by atoms with Gasteiger partial charge in [0.05, 0.1) is 26.2 Å². The van der Waals surface area contributed by atoms with Crippen LogP contribution in [0.3, 0.4) is 0 Å². The molecular formula is C10H17N3O9. The highest BCUT2D eigenvalue weighted by molar-refractivity contribution is 5.74. The molecule has 5 N–H and O–H groups in total. The van der Waals surface area contributed by atoms with Crippen molar-refractivity contribution >= 4 is 23.9 Å². The zero-order chi connectivity index (χ0) is 17.1. The van der Waals surface area contributed by atoms with E-state index in [4.69, 9.17) is 20.5 Å². The second-order valence-electron chi connectivity index (χ2n) is 4.17. The van der Waals surface area contributed by atoms with Gasteiger partial charge in [-0.15, -0.1) is 0 Å². The molecule has 0 aromatic carbocycles. The largest absolute Gasteiger partial charge is 0.480 e. The van der Waals surface area contributed by atoms with Crippen molar-refractivity contribution in [2.24, 2.45) is 0 Å². The second kappa shape index (κ2) is 10.4. The molecule has 0 saturated heterocycles. The molecule has 0 spiro atoms. The lowest BCUT2D eigenvalue weighted by atomic mass is 10.4. The first-order valence-corrected chi connectivity index (χ1v) is 5.93. The van der Waals surface area contributed by atoms with Crippen LogP contribution >= 0.6 is 0 Å². The van der Waals surface area contributed by atoms with E-state index in [0.717, 1.165) is 15.4 Å². The third kappa shape index (κ3) is 10.5. The minimum absolute atomic E-state index is 0.0899. The summed E-state index contributed by atoms with van der Waals surface area (Å²) in [4.78, 5) is 49.3. The summed E-state index contributed by atoms with van der Waals surface area (Å²) in [6.45, 7) is -2.31. The molecule has 0 heterocycles. The molecule has 126 valence electrons. The lowest BCUT2D eigenvalue weighted by Crippen LogP contribution is -2.44. The average molecular weight is 323 g/mol. The molecule has 0 rings (SSSR count). The van der Waals surface area contributed by atoms with Gasteiger partial charge in [-0.2, -0.15) is 0 Å². The van der Waals surface area contributed by atoms with Gasteiger partial charge in [0.25, 0.3) is 0 Å². The van der Waals surface area contributed by atoms with Gasteiger partial charge in [-0.1, -0.05) is 0 Å². The minimum Gasteiger partial charge on any atom is -0.480 e. The number of rotatable bonds is 12. The van der Waals surface area contributed by atoms with Crippen LogP contribution in [0.4, 0.5) is 0 Å². The van der Waals surface area contributed by atoms with Crippen LogP contribution in [0.15, 0.2) is 0 Å². The van der Waals surface area contributed by atoms with Gasteiger partial charge in [-0.05, 0) is 5.64 Å². The van der Waals surface area contributed by atoms with E-state index in [9.17, 15) is 19.2 Å². The Morgan fingerprint density at radius 2 is 1.14 bits per heavy atom. The monoisotopic (exact) mass is 323 g/mol. The van der Waals surface area contributed by atoms with Gasteiger partial charge >= 0.3 is 23.9 Å². The normalized spacial score (nSPS) is 10.7. The second-order valence-corrected chi connectivity index (χ2v) is 4.17. The lowest BCUT2D eigenvalue weighted by molar-refractivity contribution is -0.178. The Morgan fingerprint density at radius 3 is 1.45 bits per heavy atom. The first kappa shape index (κ1) is 19.7. The lowest BCUT2D eigenvalue weighted by Gasteiger charge is -2.23. The summed E-state index contributed by atoms with van der Waals surface area (Å²) in [5.74, 6) is -4.69. The number of carboxylic acids is 3. The molecular weight excluding hydrogens is 306 g/mol. The molecule has 0 aliphatic rings. The summed E-state index contributed by atoms with van der Waals surface area (Å²) in [6, 6.07) is 0. The molecule has 0 fully saturated rings. The predicted molar refractivity (Wildman–Crippen MR) is 66.8 cm³/mol. The zero-order valence-electron chi connectivity index (χ0n) is 11.5. The fourth-order valence-electron chi connectivity index (χ4n) is 1.55. The number of carboxylic acid groups (broad SMARTS) is 3. The van der Waals surface area contributed by atoms with Crippen LogP contribution in [-0.4, -0.2) is 93.5 Å². The van der Waals surface area contributed by atoms with E-state index in [2.05, 4.69) is 4.84 Å². The quantitative estimate of drug-likeness (QED) is 0.235. The van der Waals surface area contributed by atoms with Crippen molar-refractivity contribution in [3.8, 4) is 0 Å². The van der Waals surface area contributed by atoms with Crippen molar-refractivity contribution in [3.05, 3.63) is 0 Å². The average Bonchev–Trinajstić information content (AvgIpc) is 2.33. The van der Waals surface area contributed by atoms with Crippen LogP contribution in [-0.2, 0) is 24.0 Å².